The van der Waals surface area contributed by atoms with Crippen molar-refractivity contribution >= 4 is 22.9 Å². The zero-order valence-electron chi connectivity index (χ0n) is 15.8. The molecule has 0 aromatic carbocycles. The maximum absolute atomic E-state index is 12.4. The van der Waals surface area contributed by atoms with Gasteiger partial charge >= 0.3 is 0 Å². The van der Waals surface area contributed by atoms with Crippen molar-refractivity contribution in [3.63, 3.8) is 0 Å². The molecule has 29 heavy (non-hydrogen) atoms. The molecule has 9 heteroatoms. The molecule has 0 radical (unpaired) electrons. The lowest BCUT2D eigenvalue weighted by atomic mass is 9.98. The Bertz CT molecular complexity index is 1090. The van der Waals surface area contributed by atoms with E-state index in [1.165, 1.54) is 6.20 Å². The summed E-state index contributed by atoms with van der Waals surface area (Å²) in [5.74, 6) is 0.00363. The number of allylic oxidation sites excluding steroid dienone is 1. The van der Waals surface area contributed by atoms with E-state index in [-0.39, 0.29) is 5.56 Å². The van der Waals surface area contributed by atoms with Gasteiger partial charge in [0.25, 0.3) is 12.3 Å². The summed E-state index contributed by atoms with van der Waals surface area (Å²) >= 11 is 0. The first-order valence-electron chi connectivity index (χ1n) is 9.35. The van der Waals surface area contributed by atoms with Gasteiger partial charge in [0.05, 0.1) is 29.5 Å². The molecular formula is C20H20F2N6O. The third-order valence-corrected chi connectivity index (χ3v) is 4.84. The van der Waals surface area contributed by atoms with Crippen LogP contribution in [0.2, 0.25) is 0 Å². The molecule has 0 fully saturated rings. The predicted molar refractivity (Wildman–Crippen MR) is 105 cm³/mol. The number of carbonyl (C=O) groups is 1. The standard InChI is InChI=1S/C20H20F2N6O/c1-23-20-25-9-14-13(4-2-3-5-16(14)27-20)12-6-7-28-17(8-12)15(10-26-28)19(29)24-11-18(21)22/h4,6-10,18H,2-3,5,11H2,1H3,(H,24,29)(H,23,25,27). The summed E-state index contributed by atoms with van der Waals surface area (Å²) in [7, 11) is 1.78. The highest BCUT2D eigenvalue weighted by Gasteiger charge is 2.19. The second kappa shape index (κ2) is 7.94. The molecule has 150 valence electrons. The average Bonchev–Trinajstić information content (AvgIpc) is 3.03. The number of hydrogen-bond acceptors (Lipinski definition) is 5. The largest absolute Gasteiger partial charge is 0.357 e. The van der Waals surface area contributed by atoms with Gasteiger partial charge in [0.2, 0.25) is 5.95 Å². The van der Waals surface area contributed by atoms with Crippen LogP contribution in [-0.4, -0.2) is 45.5 Å². The third kappa shape index (κ3) is 3.80. The molecule has 4 rings (SSSR count). The van der Waals surface area contributed by atoms with E-state index >= 15 is 0 Å². The highest BCUT2D eigenvalue weighted by atomic mass is 19.3. The van der Waals surface area contributed by atoms with Crippen LogP contribution in [0.15, 0.2) is 36.8 Å². The molecule has 1 aliphatic rings. The number of aromatic nitrogens is 4. The summed E-state index contributed by atoms with van der Waals surface area (Å²) in [4.78, 5) is 21.2. The summed E-state index contributed by atoms with van der Waals surface area (Å²) in [6.45, 7) is -0.695. The van der Waals surface area contributed by atoms with Gasteiger partial charge in [0.15, 0.2) is 0 Å². The number of nitrogens with one attached hydrogen (secondary N) is 2. The van der Waals surface area contributed by atoms with Gasteiger partial charge in [-0.05, 0) is 42.5 Å². The van der Waals surface area contributed by atoms with Crippen molar-refractivity contribution in [3.8, 4) is 0 Å². The number of hydrogen-bond donors (Lipinski definition) is 2. The fraction of sp³-hybridized carbons (Fsp3) is 0.300. The molecule has 0 saturated carbocycles. The Morgan fingerprint density at radius 1 is 1.34 bits per heavy atom. The smallest absolute Gasteiger partial charge is 0.255 e. The van der Waals surface area contributed by atoms with Gasteiger partial charge in [0, 0.05) is 25.0 Å². The minimum absolute atomic E-state index is 0.253. The lowest BCUT2D eigenvalue weighted by Crippen LogP contribution is -2.28. The average molecular weight is 398 g/mol. The molecule has 0 aliphatic heterocycles. The Kier molecular flexibility index (Phi) is 5.20. The van der Waals surface area contributed by atoms with Crippen LogP contribution < -0.4 is 10.6 Å². The summed E-state index contributed by atoms with van der Waals surface area (Å²) in [6.07, 6.45) is 7.21. The number of aryl methyl sites for hydroxylation is 1. The van der Waals surface area contributed by atoms with E-state index in [0.717, 1.165) is 41.7 Å². The molecule has 0 atom stereocenters. The van der Waals surface area contributed by atoms with Crippen molar-refractivity contribution in [2.75, 3.05) is 18.9 Å². The van der Waals surface area contributed by atoms with Gasteiger partial charge in [-0.1, -0.05) is 6.08 Å². The molecule has 0 unspecified atom stereocenters. The van der Waals surface area contributed by atoms with Crippen molar-refractivity contribution in [1.29, 1.82) is 0 Å². The van der Waals surface area contributed by atoms with Crippen molar-refractivity contribution in [2.24, 2.45) is 0 Å². The number of halogens is 2. The maximum atomic E-state index is 12.4. The van der Waals surface area contributed by atoms with E-state index in [2.05, 4.69) is 31.8 Å². The van der Waals surface area contributed by atoms with Gasteiger partial charge in [-0.2, -0.15) is 5.10 Å². The van der Waals surface area contributed by atoms with E-state index in [1.807, 2.05) is 18.3 Å². The van der Waals surface area contributed by atoms with Crippen LogP contribution in [-0.2, 0) is 6.42 Å². The number of fused-ring (bicyclic) bond motifs is 2. The number of anilines is 1. The first-order valence-corrected chi connectivity index (χ1v) is 9.35. The zero-order valence-corrected chi connectivity index (χ0v) is 15.8. The monoisotopic (exact) mass is 398 g/mol. The fourth-order valence-electron chi connectivity index (χ4n) is 3.44. The quantitative estimate of drug-likeness (QED) is 0.690. The number of nitrogens with zero attached hydrogens (tertiary/aromatic N) is 4. The van der Waals surface area contributed by atoms with Crippen LogP contribution in [0.4, 0.5) is 14.7 Å². The Balaban J connectivity index is 1.74. The van der Waals surface area contributed by atoms with Gasteiger partial charge in [-0.3, -0.25) is 4.79 Å². The predicted octanol–water partition coefficient (Wildman–Crippen LogP) is 2.93. The van der Waals surface area contributed by atoms with Crippen LogP contribution in [0.3, 0.4) is 0 Å². The minimum atomic E-state index is -2.61. The van der Waals surface area contributed by atoms with Crippen LogP contribution in [0.1, 0.15) is 40.0 Å². The lowest BCUT2D eigenvalue weighted by Gasteiger charge is -2.12. The molecule has 3 heterocycles. The first-order chi connectivity index (χ1) is 14.1. The normalized spacial score (nSPS) is 13.7. The second-order valence-electron chi connectivity index (χ2n) is 6.72. The first kappa shape index (κ1) is 19.0. The van der Waals surface area contributed by atoms with Gasteiger partial charge in [-0.15, -0.1) is 0 Å². The molecule has 2 N–H and O–H groups in total. The number of alkyl halides is 2. The summed E-state index contributed by atoms with van der Waals surface area (Å²) in [6, 6.07) is 3.75. The Morgan fingerprint density at radius 3 is 3.00 bits per heavy atom. The van der Waals surface area contributed by atoms with Crippen LogP contribution >= 0.6 is 0 Å². The summed E-state index contributed by atoms with van der Waals surface area (Å²) in [5.41, 5.74) is 4.61. The topological polar surface area (TPSA) is 84.2 Å². The number of carbonyl (C=O) groups excluding carboxylic acids is 1. The highest BCUT2D eigenvalue weighted by Crippen LogP contribution is 2.31. The number of amides is 1. The molecule has 0 saturated heterocycles. The zero-order chi connectivity index (χ0) is 20.4. The molecule has 1 aliphatic carbocycles. The number of pyridine rings is 1. The van der Waals surface area contributed by atoms with Crippen LogP contribution in [0.25, 0.3) is 11.1 Å². The van der Waals surface area contributed by atoms with E-state index in [1.54, 1.807) is 17.8 Å². The van der Waals surface area contributed by atoms with E-state index in [9.17, 15) is 13.6 Å². The summed E-state index contributed by atoms with van der Waals surface area (Å²) in [5, 5.41) is 9.35. The lowest BCUT2D eigenvalue weighted by molar-refractivity contribution is 0.0893. The molecule has 3 aromatic heterocycles. The van der Waals surface area contributed by atoms with E-state index in [4.69, 9.17) is 0 Å². The third-order valence-electron chi connectivity index (χ3n) is 4.84. The Labute approximate surface area is 165 Å². The van der Waals surface area contributed by atoms with E-state index in [0.29, 0.717) is 11.5 Å². The molecule has 7 nitrogen and oxygen atoms in total. The van der Waals surface area contributed by atoms with Gasteiger partial charge in [-0.25, -0.2) is 23.3 Å². The van der Waals surface area contributed by atoms with Gasteiger partial charge < -0.3 is 10.6 Å². The molecule has 0 bridgehead atoms. The summed E-state index contributed by atoms with van der Waals surface area (Å²) < 4.78 is 26.4. The fourth-order valence-corrected chi connectivity index (χ4v) is 3.44. The van der Waals surface area contributed by atoms with Crippen molar-refractivity contribution in [1.82, 2.24) is 24.9 Å². The van der Waals surface area contributed by atoms with Gasteiger partial charge in [0.1, 0.15) is 0 Å². The Morgan fingerprint density at radius 2 is 2.21 bits per heavy atom. The van der Waals surface area contributed by atoms with Crippen molar-refractivity contribution in [2.45, 2.75) is 25.7 Å². The van der Waals surface area contributed by atoms with Crippen molar-refractivity contribution < 1.29 is 13.6 Å². The SMILES string of the molecule is CNc1ncc2c(n1)CCCC=C2c1ccn2ncc(C(=O)NCC(F)F)c2c1. The molecule has 1 amide bonds. The second-order valence-corrected chi connectivity index (χ2v) is 6.72. The Hall–Kier alpha value is -3.36. The highest BCUT2D eigenvalue weighted by molar-refractivity contribution is 6.01. The number of rotatable bonds is 5. The molecule has 3 aromatic rings. The molecular weight excluding hydrogens is 378 g/mol. The molecule has 0 spiro atoms. The van der Waals surface area contributed by atoms with Crippen LogP contribution in [0, 0.1) is 0 Å². The van der Waals surface area contributed by atoms with E-state index < -0.39 is 18.9 Å². The minimum Gasteiger partial charge on any atom is -0.357 e. The van der Waals surface area contributed by atoms with Crippen molar-refractivity contribution in [3.05, 3.63) is 59.2 Å². The maximum Gasteiger partial charge on any atom is 0.255 e. The van der Waals surface area contributed by atoms with Crippen LogP contribution in [0.5, 0.6) is 0 Å².